The van der Waals surface area contributed by atoms with Crippen LogP contribution in [0.25, 0.3) is 0 Å². The van der Waals surface area contributed by atoms with E-state index in [0.29, 0.717) is 13.1 Å². The molecule has 17 heavy (non-hydrogen) atoms. The normalized spacial score (nSPS) is 18.5. The van der Waals surface area contributed by atoms with E-state index in [-0.39, 0.29) is 18.2 Å². The standard InChI is InChI=1S/C10H21N3O3S/c1-2-13-17(15,16)7-6-12-9(14)10(8-11)4-3-5-10/h13H,2-8,11H2,1H3,(H,12,14). The van der Waals surface area contributed by atoms with Gasteiger partial charge in [0.1, 0.15) is 0 Å². The summed E-state index contributed by atoms with van der Waals surface area (Å²) in [4.78, 5) is 11.8. The van der Waals surface area contributed by atoms with Crippen LogP contribution in [0.15, 0.2) is 0 Å². The van der Waals surface area contributed by atoms with Crippen LogP contribution in [0.2, 0.25) is 0 Å². The molecule has 0 radical (unpaired) electrons. The third-order valence-electron chi connectivity index (χ3n) is 3.20. The molecule has 6 nitrogen and oxygen atoms in total. The minimum Gasteiger partial charge on any atom is -0.355 e. The molecule has 0 aromatic heterocycles. The van der Waals surface area contributed by atoms with Gasteiger partial charge in [0.25, 0.3) is 0 Å². The number of carbonyl (C=O) groups is 1. The largest absolute Gasteiger partial charge is 0.355 e. The molecule has 0 heterocycles. The monoisotopic (exact) mass is 263 g/mol. The zero-order valence-corrected chi connectivity index (χ0v) is 11.0. The Bertz CT molecular complexity index is 357. The zero-order chi connectivity index (χ0) is 12.9. The number of hydrogen-bond donors (Lipinski definition) is 3. The fourth-order valence-electron chi connectivity index (χ4n) is 1.91. The smallest absolute Gasteiger partial charge is 0.227 e. The first-order chi connectivity index (χ1) is 7.96. The van der Waals surface area contributed by atoms with E-state index in [2.05, 4.69) is 10.0 Å². The number of nitrogens with two attached hydrogens (primary N) is 1. The SMILES string of the molecule is CCNS(=O)(=O)CCNC(=O)C1(CN)CCC1. The quantitative estimate of drug-likeness (QED) is 0.558. The average molecular weight is 263 g/mol. The van der Waals surface area contributed by atoms with E-state index in [4.69, 9.17) is 5.73 Å². The van der Waals surface area contributed by atoms with Gasteiger partial charge in [0.2, 0.25) is 15.9 Å². The summed E-state index contributed by atoms with van der Waals surface area (Å²) in [5.74, 6) is -0.203. The molecular formula is C10H21N3O3S. The maximum atomic E-state index is 11.8. The van der Waals surface area contributed by atoms with E-state index in [0.717, 1.165) is 19.3 Å². The Kier molecular flexibility index (Phi) is 4.91. The fourth-order valence-corrected chi connectivity index (χ4v) is 2.86. The first-order valence-electron chi connectivity index (χ1n) is 5.91. The lowest BCUT2D eigenvalue weighted by Gasteiger charge is -2.39. The summed E-state index contributed by atoms with van der Waals surface area (Å²) in [6.45, 7) is 2.55. The van der Waals surface area contributed by atoms with Gasteiger partial charge in [-0.25, -0.2) is 13.1 Å². The van der Waals surface area contributed by atoms with Crippen molar-refractivity contribution in [2.24, 2.45) is 11.1 Å². The van der Waals surface area contributed by atoms with Gasteiger partial charge in [0, 0.05) is 19.6 Å². The second kappa shape index (κ2) is 5.79. The molecule has 1 aliphatic rings. The maximum Gasteiger partial charge on any atom is 0.227 e. The molecule has 100 valence electrons. The Hall–Kier alpha value is -0.660. The van der Waals surface area contributed by atoms with Crippen molar-refractivity contribution >= 4 is 15.9 Å². The van der Waals surface area contributed by atoms with Crippen molar-refractivity contribution in [3.63, 3.8) is 0 Å². The summed E-state index contributed by atoms with van der Waals surface area (Å²) >= 11 is 0. The van der Waals surface area contributed by atoms with Crippen LogP contribution in [-0.2, 0) is 14.8 Å². The van der Waals surface area contributed by atoms with Crippen LogP contribution >= 0.6 is 0 Å². The molecule has 1 saturated carbocycles. The van der Waals surface area contributed by atoms with Crippen LogP contribution in [0.4, 0.5) is 0 Å². The molecule has 0 unspecified atom stereocenters. The summed E-state index contributed by atoms with van der Waals surface area (Å²) in [7, 11) is -3.26. The lowest BCUT2D eigenvalue weighted by molar-refractivity contribution is -0.135. The van der Waals surface area contributed by atoms with Crippen LogP contribution in [0, 0.1) is 5.41 Å². The van der Waals surface area contributed by atoms with Crippen LogP contribution in [0.5, 0.6) is 0 Å². The van der Waals surface area contributed by atoms with Crippen LogP contribution in [0.1, 0.15) is 26.2 Å². The predicted octanol–water partition coefficient (Wildman–Crippen LogP) is -0.829. The summed E-state index contributed by atoms with van der Waals surface area (Å²) in [6, 6.07) is 0. The Morgan fingerprint density at radius 3 is 2.47 bits per heavy atom. The third kappa shape index (κ3) is 3.65. The number of nitrogens with one attached hydrogen (secondary N) is 2. The highest BCUT2D eigenvalue weighted by Crippen LogP contribution is 2.39. The van der Waals surface area contributed by atoms with Gasteiger partial charge in [0.15, 0.2) is 0 Å². The fraction of sp³-hybridized carbons (Fsp3) is 0.900. The molecule has 1 rings (SSSR count). The Morgan fingerprint density at radius 2 is 2.06 bits per heavy atom. The molecule has 1 aliphatic carbocycles. The summed E-state index contributed by atoms with van der Waals surface area (Å²) in [6.07, 6.45) is 2.62. The molecule has 0 aliphatic heterocycles. The molecular weight excluding hydrogens is 242 g/mol. The zero-order valence-electron chi connectivity index (χ0n) is 10.2. The molecule has 0 spiro atoms. The van der Waals surface area contributed by atoms with Crippen molar-refractivity contribution < 1.29 is 13.2 Å². The van der Waals surface area contributed by atoms with E-state index in [1.54, 1.807) is 6.92 Å². The van der Waals surface area contributed by atoms with E-state index >= 15 is 0 Å². The Balaban J connectivity index is 2.34. The van der Waals surface area contributed by atoms with E-state index in [9.17, 15) is 13.2 Å². The van der Waals surface area contributed by atoms with E-state index < -0.39 is 15.4 Å². The van der Waals surface area contributed by atoms with Gasteiger partial charge in [-0.2, -0.15) is 0 Å². The van der Waals surface area contributed by atoms with Crippen molar-refractivity contribution in [3.05, 3.63) is 0 Å². The lowest BCUT2D eigenvalue weighted by Crippen LogP contribution is -2.51. The minimum atomic E-state index is -3.26. The first-order valence-corrected chi connectivity index (χ1v) is 7.57. The van der Waals surface area contributed by atoms with Crippen molar-refractivity contribution in [1.82, 2.24) is 10.0 Å². The highest BCUT2D eigenvalue weighted by atomic mass is 32.2. The molecule has 7 heteroatoms. The molecule has 0 bridgehead atoms. The van der Waals surface area contributed by atoms with Crippen molar-refractivity contribution in [1.29, 1.82) is 0 Å². The Morgan fingerprint density at radius 1 is 1.41 bits per heavy atom. The number of hydrogen-bond acceptors (Lipinski definition) is 4. The van der Waals surface area contributed by atoms with E-state index in [1.807, 2.05) is 0 Å². The molecule has 4 N–H and O–H groups in total. The van der Waals surface area contributed by atoms with Gasteiger partial charge >= 0.3 is 0 Å². The number of amides is 1. The third-order valence-corrected chi connectivity index (χ3v) is 4.67. The molecule has 1 fully saturated rings. The highest BCUT2D eigenvalue weighted by Gasteiger charge is 2.42. The second-order valence-corrected chi connectivity index (χ2v) is 6.34. The van der Waals surface area contributed by atoms with Crippen molar-refractivity contribution in [3.8, 4) is 0 Å². The molecule has 0 aromatic carbocycles. The summed E-state index contributed by atoms with van der Waals surface area (Å²) in [5.41, 5.74) is 5.14. The number of carbonyl (C=O) groups excluding carboxylic acids is 1. The minimum absolute atomic E-state index is 0.0900. The first kappa shape index (κ1) is 14.4. The van der Waals surface area contributed by atoms with Gasteiger partial charge in [0.05, 0.1) is 11.2 Å². The molecule has 1 amide bonds. The van der Waals surface area contributed by atoms with Gasteiger partial charge in [-0.1, -0.05) is 13.3 Å². The molecule has 0 saturated heterocycles. The number of sulfonamides is 1. The van der Waals surface area contributed by atoms with Crippen molar-refractivity contribution in [2.75, 3.05) is 25.4 Å². The topological polar surface area (TPSA) is 101 Å². The number of rotatable bonds is 7. The van der Waals surface area contributed by atoms with Gasteiger partial charge in [-0.05, 0) is 12.8 Å². The average Bonchev–Trinajstić information content (AvgIpc) is 2.16. The second-order valence-electron chi connectivity index (χ2n) is 4.41. The van der Waals surface area contributed by atoms with E-state index in [1.165, 1.54) is 0 Å². The van der Waals surface area contributed by atoms with Gasteiger partial charge in [-0.3, -0.25) is 4.79 Å². The lowest BCUT2D eigenvalue weighted by atomic mass is 9.68. The van der Waals surface area contributed by atoms with Gasteiger partial charge < -0.3 is 11.1 Å². The van der Waals surface area contributed by atoms with Gasteiger partial charge in [-0.15, -0.1) is 0 Å². The molecule has 0 atom stereocenters. The Labute approximate surface area is 102 Å². The van der Waals surface area contributed by atoms with Crippen LogP contribution in [0.3, 0.4) is 0 Å². The summed E-state index contributed by atoms with van der Waals surface area (Å²) < 4.78 is 25.0. The van der Waals surface area contributed by atoms with Crippen molar-refractivity contribution in [2.45, 2.75) is 26.2 Å². The highest BCUT2D eigenvalue weighted by molar-refractivity contribution is 7.89. The molecule has 0 aromatic rings. The van der Waals surface area contributed by atoms with Crippen LogP contribution in [-0.4, -0.2) is 39.7 Å². The van der Waals surface area contributed by atoms with Crippen LogP contribution < -0.4 is 15.8 Å². The predicted molar refractivity (Wildman–Crippen MR) is 65.8 cm³/mol. The maximum absolute atomic E-state index is 11.8. The summed E-state index contributed by atoms with van der Waals surface area (Å²) in [5, 5.41) is 2.65.